The zero-order chi connectivity index (χ0) is 24.7. The fourth-order valence-electron chi connectivity index (χ4n) is 3.11. The number of carbonyl (C=O) groups is 2. The first-order chi connectivity index (χ1) is 16.2. The number of nitrogens with one attached hydrogen (secondary N) is 2. The SMILES string of the molecule is CC(Oc1ccccc1Cl)C(=O)Nc1ccc(NC(=O)COc2ccc(Br)cc2C(C)C)cc1. The summed E-state index contributed by atoms with van der Waals surface area (Å²) in [5.41, 5.74) is 2.19. The van der Waals surface area contributed by atoms with Crippen LogP contribution in [0.15, 0.2) is 71.2 Å². The van der Waals surface area contributed by atoms with Gasteiger partial charge >= 0.3 is 0 Å². The van der Waals surface area contributed by atoms with Crippen LogP contribution in [0.2, 0.25) is 5.02 Å². The van der Waals surface area contributed by atoms with Crippen LogP contribution in [0.25, 0.3) is 0 Å². The highest BCUT2D eigenvalue weighted by molar-refractivity contribution is 9.10. The van der Waals surface area contributed by atoms with Gasteiger partial charge < -0.3 is 20.1 Å². The molecule has 0 aliphatic heterocycles. The molecule has 0 aliphatic rings. The van der Waals surface area contributed by atoms with Gasteiger partial charge in [0.05, 0.1) is 5.02 Å². The van der Waals surface area contributed by atoms with E-state index >= 15 is 0 Å². The number of carbonyl (C=O) groups excluding carboxylic acids is 2. The van der Waals surface area contributed by atoms with Crippen molar-refractivity contribution >= 4 is 50.7 Å². The Balaban J connectivity index is 1.51. The number of halogens is 2. The van der Waals surface area contributed by atoms with E-state index in [9.17, 15) is 9.59 Å². The molecule has 0 bridgehead atoms. The molecule has 3 aromatic carbocycles. The normalized spacial score (nSPS) is 11.6. The Morgan fingerprint density at radius 2 is 1.56 bits per heavy atom. The lowest BCUT2D eigenvalue weighted by Crippen LogP contribution is -2.30. The van der Waals surface area contributed by atoms with Crippen LogP contribution in [0, 0.1) is 0 Å². The van der Waals surface area contributed by atoms with Crippen molar-refractivity contribution in [2.75, 3.05) is 17.2 Å². The van der Waals surface area contributed by atoms with Crippen LogP contribution in [0.4, 0.5) is 11.4 Å². The number of amides is 2. The van der Waals surface area contributed by atoms with Crippen LogP contribution in [0.3, 0.4) is 0 Å². The summed E-state index contributed by atoms with van der Waals surface area (Å²) in [6.45, 7) is 5.66. The first kappa shape index (κ1) is 25.6. The highest BCUT2D eigenvalue weighted by Crippen LogP contribution is 2.29. The maximum Gasteiger partial charge on any atom is 0.265 e. The van der Waals surface area contributed by atoms with Gasteiger partial charge in [-0.1, -0.05) is 53.5 Å². The van der Waals surface area contributed by atoms with E-state index in [2.05, 4.69) is 40.4 Å². The molecule has 0 aromatic heterocycles. The van der Waals surface area contributed by atoms with E-state index in [4.69, 9.17) is 21.1 Å². The van der Waals surface area contributed by atoms with E-state index in [0.717, 1.165) is 10.0 Å². The van der Waals surface area contributed by atoms with Gasteiger partial charge in [0.1, 0.15) is 11.5 Å². The summed E-state index contributed by atoms with van der Waals surface area (Å²) in [5, 5.41) is 6.01. The zero-order valence-electron chi connectivity index (χ0n) is 19.1. The van der Waals surface area contributed by atoms with Crippen molar-refractivity contribution in [1.29, 1.82) is 0 Å². The maximum atomic E-state index is 12.4. The number of para-hydroxylation sites is 1. The number of hydrogen-bond donors (Lipinski definition) is 2. The third-order valence-electron chi connectivity index (χ3n) is 4.90. The molecule has 8 heteroatoms. The van der Waals surface area contributed by atoms with Crippen LogP contribution in [0.5, 0.6) is 11.5 Å². The first-order valence-electron chi connectivity index (χ1n) is 10.8. The molecule has 0 heterocycles. The van der Waals surface area contributed by atoms with E-state index in [1.165, 1.54) is 0 Å². The van der Waals surface area contributed by atoms with Crippen LogP contribution >= 0.6 is 27.5 Å². The fraction of sp³-hybridized carbons (Fsp3) is 0.231. The Kier molecular flexibility index (Phi) is 8.96. The second-order valence-electron chi connectivity index (χ2n) is 7.93. The van der Waals surface area contributed by atoms with E-state index < -0.39 is 6.10 Å². The summed E-state index contributed by atoms with van der Waals surface area (Å²) < 4.78 is 12.3. The number of anilines is 2. The lowest BCUT2D eigenvalue weighted by Gasteiger charge is -2.16. The zero-order valence-corrected chi connectivity index (χ0v) is 21.4. The van der Waals surface area contributed by atoms with Gasteiger partial charge in [0, 0.05) is 15.8 Å². The average molecular weight is 546 g/mol. The predicted molar refractivity (Wildman–Crippen MR) is 139 cm³/mol. The molecule has 0 aliphatic carbocycles. The van der Waals surface area contributed by atoms with Crippen molar-refractivity contribution < 1.29 is 19.1 Å². The molecule has 178 valence electrons. The smallest absolute Gasteiger partial charge is 0.265 e. The van der Waals surface area contributed by atoms with Gasteiger partial charge in [-0.05, 0) is 73.0 Å². The molecule has 3 rings (SSSR count). The Morgan fingerprint density at radius 3 is 2.21 bits per heavy atom. The maximum absolute atomic E-state index is 12.4. The van der Waals surface area contributed by atoms with E-state index in [-0.39, 0.29) is 24.3 Å². The monoisotopic (exact) mass is 544 g/mol. The predicted octanol–water partition coefficient (Wildman–Crippen LogP) is 6.65. The van der Waals surface area contributed by atoms with Gasteiger partial charge in [0.25, 0.3) is 11.8 Å². The van der Waals surface area contributed by atoms with E-state index in [1.54, 1.807) is 55.5 Å². The lowest BCUT2D eigenvalue weighted by atomic mass is 10.0. The average Bonchev–Trinajstić information content (AvgIpc) is 2.80. The Morgan fingerprint density at radius 1 is 0.912 bits per heavy atom. The van der Waals surface area contributed by atoms with Crippen LogP contribution in [0.1, 0.15) is 32.3 Å². The molecule has 1 unspecified atom stereocenters. The minimum absolute atomic E-state index is 0.114. The topological polar surface area (TPSA) is 76.7 Å². The number of benzene rings is 3. The molecule has 3 aromatic rings. The molecule has 6 nitrogen and oxygen atoms in total. The quantitative estimate of drug-likeness (QED) is 0.316. The molecule has 0 fully saturated rings. The lowest BCUT2D eigenvalue weighted by molar-refractivity contribution is -0.122. The molecule has 0 spiro atoms. The summed E-state index contributed by atoms with van der Waals surface area (Å²) in [6, 6.07) is 19.5. The summed E-state index contributed by atoms with van der Waals surface area (Å²) in [7, 11) is 0. The second-order valence-corrected chi connectivity index (χ2v) is 9.25. The number of ether oxygens (including phenoxy) is 2. The third-order valence-corrected chi connectivity index (χ3v) is 5.70. The van der Waals surface area contributed by atoms with Crippen LogP contribution in [-0.2, 0) is 9.59 Å². The second kappa shape index (κ2) is 11.9. The first-order valence-corrected chi connectivity index (χ1v) is 11.9. The molecular weight excluding hydrogens is 520 g/mol. The third kappa shape index (κ3) is 7.23. The summed E-state index contributed by atoms with van der Waals surface area (Å²) in [4.78, 5) is 24.8. The number of rotatable bonds is 9. The summed E-state index contributed by atoms with van der Waals surface area (Å²) in [6.07, 6.45) is -0.745. The van der Waals surface area contributed by atoms with Crippen molar-refractivity contribution in [2.24, 2.45) is 0 Å². The van der Waals surface area contributed by atoms with Gasteiger partial charge in [-0.2, -0.15) is 0 Å². The molecule has 0 saturated carbocycles. The van der Waals surface area contributed by atoms with Gasteiger partial charge in [-0.25, -0.2) is 0 Å². The van der Waals surface area contributed by atoms with Crippen molar-refractivity contribution in [3.05, 3.63) is 81.8 Å². The van der Waals surface area contributed by atoms with Gasteiger partial charge in [0.2, 0.25) is 0 Å². The Hall–Kier alpha value is -3.03. The molecule has 2 amide bonds. The van der Waals surface area contributed by atoms with Crippen molar-refractivity contribution in [2.45, 2.75) is 32.8 Å². The van der Waals surface area contributed by atoms with Crippen LogP contribution in [-0.4, -0.2) is 24.5 Å². The van der Waals surface area contributed by atoms with Crippen molar-refractivity contribution in [1.82, 2.24) is 0 Å². The summed E-state index contributed by atoms with van der Waals surface area (Å²) >= 11 is 9.54. The molecular formula is C26H26BrClN2O4. The van der Waals surface area contributed by atoms with Crippen LogP contribution < -0.4 is 20.1 Å². The van der Waals surface area contributed by atoms with Gasteiger partial charge in [0.15, 0.2) is 12.7 Å². The molecule has 0 radical (unpaired) electrons. The molecule has 0 saturated heterocycles. The molecule has 1 atom stereocenters. The minimum Gasteiger partial charge on any atom is -0.483 e. The van der Waals surface area contributed by atoms with Crippen molar-refractivity contribution in [3.63, 3.8) is 0 Å². The number of hydrogen-bond acceptors (Lipinski definition) is 4. The van der Waals surface area contributed by atoms with Crippen molar-refractivity contribution in [3.8, 4) is 11.5 Å². The Bertz CT molecular complexity index is 1150. The summed E-state index contributed by atoms with van der Waals surface area (Å²) in [5.74, 6) is 0.781. The highest BCUT2D eigenvalue weighted by atomic mass is 79.9. The Labute approximate surface area is 212 Å². The van der Waals surface area contributed by atoms with Gasteiger partial charge in [-0.3, -0.25) is 9.59 Å². The molecule has 2 N–H and O–H groups in total. The molecule has 34 heavy (non-hydrogen) atoms. The van der Waals surface area contributed by atoms with E-state index in [0.29, 0.717) is 27.9 Å². The highest BCUT2D eigenvalue weighted by Gasteiger charge is 2.16. The minimum atomic E-state index is -0.745. The van der Waals surface area contributed by atoms with Gasteiger partial charge in [-0.15, -0.1) is 0 Å². The fourth-order valence-corrected chi connectivity index (χ4v) is 3.67. The van der Waals surface area contributed by atoms with E-state index in [1.807, 2.05) is 18.2 Å². The largest absolute Gasteiger partial charge is 0.483 e. The standard InChI is InChI=1S/C26H26BrClN2O4/c1-16(2)21-14-18(27)8-13-23(21)33-15-25(31)29-19-9-11-20(12-10-19)30-26(32)17(3)34-24-7-5-4-6-22(24)28/h4-14,16-17H,15H2,1-3H3,(H,29,31)(H,30,32).